The number of ether oxygens (including phenoxy) is 1. The molecule has 1 aliphatic rings. The van der Waals surface area contributed by atoms with Crippen LogP contribution in [0.15, 0.2) is 0 Å². The normalized spacial score (nSPS) is 23.3. The molecule has 1 fully saturated rings. The van der Waals surface area contributed by atoms with Crippen LogP contribution in [0, 0.1) is 0 Å². The van der Waals surface area contributed by atoms with Crippen molar-refractivity contribution in [3.05, 3.63) is 0 Å². The lowest BCUT2D eigenvalue weighted by molar-refractivity contribution is 0.0712. The monoisotopic (exact) mass is 236 g/mol. The second-order valence-corrected chi connectivity index (χ2v) is 6.27. The van der Waals surface area contributed by atoms with E-state index in [4.69, 9.17) is 4.74 Å². The summed E-state index contributed by atoms with van der Waals surface area (Å²) < 4.78 is 29.4. The number of nitrogens with zero attached hydrogens (tertiary/aromatic N) is 1. The summed E-state index contributed by atoms with van der Waals surface area (Å²) in [5.41, 5.74) is 0. The Morgan fingerprint density at radius 3 is 2.73 bits per heavy atom. The Labute approximate surface area is 91.8 Å². The number of nitrogens with one attached hydrogen (secondary N) is 1. The first-order valence-corrected chi connectivity index (χ1v) is 6.84. The van der Waals surface area contributed by atoms with Gasteiger partial charge in [0.05, 0.1) is 12.4 Å². The van der Waals surface area contributed by atoms with E-state index in [-0.39, 0.29) is 5.75 Å². The first-order valence-electron chi connectivity index (χ1n) is 5.24. The minimum atomic E-state index is -3.07. The maximum absolute atomic E-state index is 11.4. The Morgan fingerprint density at radius 1 is 1.47 bits per heavy atom. The first-order chi connectivity index (χ1) is 7.02. The van der Waals surface area contributed by atoms with Gasteiger partial charge in [-0.3, -0.25) is 0 Å². The molecule has 0 aromatic heterocycles. The van der Waals surface area contributed by atoms with Gasteiger partial charge in [-0.2, -0.15) is 0 Å². The molecule has 0 saturated carbocycles. The van der Waals surface area contributed by atoms with Crippen molar-refractivity contribution in [2.75, 3.05) is 39.6 Å². The molecule has 1 saturated heterocycles. The highest BCUT2D eigenvalue weighted by molar-refractivity contribution is 7.89. The van der Waals surface area contributed by atoms with Crippen LogP contribution in [0.1, 0.15) is 12.8 Å². The standard InChI is InChI=1S/C9H20N2O3S/c1-11(2)15(12,13)7-5-10-9-4-3-6-14-8-9/h9-10H,3-8H2,1-2H3. The zero-order valence-corrected chi connectivity index (χ0v) is 10.2. The van der Waals surface area contributed by atoms with Gasteiger partial charge < -0.3 is 10.1 Å². The van der Waals surface area contributed by atoms with Crippen molar-refractivity contribution in [3.8, 4) is 0 Å². The van der Waals surface area contributed by atoms with Crippen molar-refractivity contribution < 1.29 is 13.2 Å². The Hall–Kier alpha value is -0.170. The van der Waals surface area contributed by atoms with Gasteiger partial charge in [-0.25, -0.2) is 12.7 Å². The molecule has 15 heavy (non-hydrogen) atoms. The molecule has 0 aromatic rings. The minimum absolute atomic E-state index is 0.149. The van der Waals surface area contributed by atoms with Crippen LogP contribution in [-0.2, 0) is 14.8 Å². The third kappa shape index (κ3) is 4.46. The first kappa shape index (κ1) is 12.9. The SMILES string of the molecule is CN(C)S(=O)(=O)CCNC1CCCOC1. The minimum Gasteiger partial charge on any atom is -0.380 e. The Bertz CT molecular complexity index is 271. The van der Waals surface area contributed by atoms with E-state index in [1.165, 1.54) is 4.31 Å². The van der Waals surface area contributed by atoms with Gasteiger partial charge in [-0.05, 0) is 12.8 Å². The summed E-state index contributed by atoms with van der Waals surface area (Å²) in [6.45, 7) is 2.02. The smallest absolute Gasteiger partial charge is 0.214 e. The fourth-order valence-corrected chi connectivity index (χ4v) is 2.22. The van der Waals surface area contributed by atoms with Crippen LogP contribution < -0.4 is 5.32 Å². The average molecular weight is 236 g/mol. The summed E-state index contributed by atoms with van der Waals surface area (Å²) in [5.74, 6) is 0.149. The van der Waals surface area contributed by atoms with Gasteiger partial charge in [0.15, 0.2) is 0 Å². The van der Waals surface area contributed by atoms with E-state index in [0.717, 1.165) is 19.4 Å². The van der Waals surface area contributed by atoms with Crippen LogP contribution in [0.5, 0.6) is 0 Å². The van der Waals surface area contributed by atoms with Gasteiger partial charge in [0, 0.05) is 33.3 Å². The molecule has 0 aromatic carbocycles. The van der Waals surface area contributed by atoms with Crippen molar-refractivity contribution in [2.45, 2.75) is 18.9 Å². The molecule has 1 N–H and O–H groups in total. The summed E-state index contributed by atoms with van der Waals surface area (Å²) in [6, 6.07) is 0.316. The molecular formula is C9H20N2O3S. The molecule has 0 bridgehead atoms. The molecule has 0 aliphatic carbocycles. The highest BCUT2D eigenvalue weighted by Crippen LogP contribution is 2.05. The number of sulfonamides is 1. The zero-order chi connectivity index (χ0) is 11.3. The van der Waals surface area contributed by atoms with E-state index in [1.807, 2.05) is 0 Å². The fraction of sp³-hybridized carbons (Fsp3) is 1.00. The molecule has 1 unspecified atom stereocenters. The van der Waals surface area contributed by atoms with E-state index in [0.29, 0.717) is 19.2 Å². The van der Waals surface area contributed by atoms with Crippen LogP contribution in [0.3, 0.4) is 0 Å². The van der Waals surface area contributed by atoms with Gasteiger partial charge in [0.1, 0.15) is 0 Å². The Balaban J connectivity index is 2.20. The lowest BCUT2D eigenvalue weighted by Crippen LogP contribution is -2.40. The quantitative estimate of drug-likeness (QED) is 0.708. The summed E-state index contributed by atoms with van der Waals surface area (Å²) in [4.78, 5) is 0. The molecule has 5 nitrogen and oxygen atoms in total. The molecule has 1 rings (SSSR count). The highest BCUT2D eigenvalue weighted by Gasteiger charge is 2.16. The van der Waals surface area contributed by atoms with Gasteiger partial charge in [0.25, 0.3) is 0 Å². The zero-order valence-electron chi connectivity index (χ0n) is 9.40. The van der Waals surface area contributed by atoms with Crippen molar-refractivity contribution in [2.24, 2.45) is 0 Å². The third-order valence-electron chi connectivity index (χ3n) is 2.51. The van der Waals surface area contributed by atoms with E-state index >= 15 is 0 Å². The van der Waals surface area contributed by atoms with Gasteiger partial charge in [0.2, 0.25) is 10.0 Å². The van der Waals surface area contributed by atoms with E-state index in [1.54, 1.807) is 14.1 Å². The molecule has 0 amide bonds. The molecule has 1 aliphatic heterocycles. The molecule has 6 heteroatoms. The van der Waals surface area contributed by atoms with Crippen LogP contribution in [0.4, 0.5) is 0 Å². The summed E-state index contributed by atoms with van der Waals surface area (Å²) in [5, 5.41) is 3.20. The van der Waals surface area contributed by atoms with Crippen molar-refractivity contribution in [1.29, 1.82) is 0 Å². The van der Waals surface area contributed by atoms with Gasteiger partial charge in [-0.1, -0.05) is 0 Å². The topological polar surface area (TPSA) is 58.6 Å². The van der Waals surface area contributed by atoms with Crippen LogP contribution >= 0.6 is 0 Å². The molecule has 1 atom stereocenters. The largest absolute Gasteiger partial charge is 0.380 e. The number of rotatable bonds is 5. The van der Waals surface area contributed by atoms with E-state index in [2.05, 4.69) is 5.32 Å². The predicted molar refractivity (Wildman–Crippen MR) is 59.3 cm³/mol. The van der Waals surface area contributed by atoms with Crippen LogP contribution in [0.2, 0.25) is 0 Å². The van der Waals surface area contributed by atoms with Gasteiger partial charge in [-0.15, -0.1) is 0 Å². The van der Waals surface area contributed by atoms with E-state index < -0.39 is 10.0 Å². The Kier molecular flexibility index (Phi) is 4.98. The molecular weight excluding hydrogens is 216 g/mol. The van der Waals surface area contributed by atoms with Crippen LogP contribution in [0.25, 0.3) is 0 Å². The molecule has 1 heterocycles. The summed E-state index contributed by atoms with van der Waals surface area (Å²) >= 11 is 0. The van der Waals surface area contributed by atoms with E-state index in [9.17, 15) is 8.42 Å². The maximum atomic E-state index is 11.4. The predicted octanol–water partition coefficient (Wildman–Crippen LogP) is -0.354. The Morgan fingerprint density at radius 2 is 2.20 bits per heavy atom. The number of hydrogen-bond acceptors (Lipinski definition) is 4. The van der Waals surface area contributed by atoms with Crippen molar-refractivity contribution >= 4 is 10.0 Å². The van der Waals surface area contributed by atoms with Gasteiger partial charge >= 0.3 is 0 Å². The second-order valence-electron chi connectivity index (χ2n) is 3.97. The molecule has 0 radical (unpaired) electrons. The highest BCUT2D eigenvalue weighted by atomic mass is 32.2. The summed E-state index contributed by atoms with van der Waals surface area (Å²) in [6.07, 6.45) is 2.13. The lowest BCUT2D eigenvalue weighted by atomic mass is 10.1. The van der Waals surface area contributed by atoms with Crippen molar-refractivity contribution in [1.82, 2.24) is 9.62 Å². The maximum Gasteiger partial charge on any atom is 0.214 e. The summed E-state index contributed by atoms with van der Waals surface area (Å²) in [7, 11) is 0.0402. The lowest BCUT2D eigenvalue weighted by Gasteiger charge is -2.23. The molecule has 0 spiro atoms. The van der Waals surface area contributed by atoms with Crippen molar-refractivity contribution in [3.63, 3.8) is 0 Å². The third-order valence-corrected chi connectivity index (χ3v) is 4.34. The molecule has 90 valence electrons. The van der Waals surface area contributed by atoms with Crippen LogP contribution in [-0.4, -0.2) is 58.4 Å². The fourth-order valence-electron chi connectivity index (χ4n) is 1.48. The number of hydrogen-bond donors (Lipinski definition) is 1. The second kappa shape index (κ2) is 5.79. The average Bonchev–Trinajstić information content (AvgIpc) is 2.19.